The minimum Gasteiger partial charge on any atom is -0.375 e. The minimum absolute atomic E-state index is 0.211. The van der Waals surface area contributed by atoms with E-state index in [9.17, 15) is 4.39 Å². The molecule has 0 fully saturated rings. The van der Waals surface area contributed by atoms with E-state index < -0.39 is 0 Å². The fourth-order valence-electron chi connectivity index (χ4n) is 2.10. The minimum atomic E-state index is -0.211. The first-order valence-electron chi connectivity index (χ1n) is 5.57. The largest absolute Gasteiger partial charge is 0.375 e. The van der Waals surface area contributed by atoms with E-state index in [1.165, 1.54) is 17.4 Å². The first kappa shape index (κ1) is 11.2. The van der Waals surface area contributed by atoms with Crippen molar-refractivity contribution >= 4 is 26.7 Å². The molecule has 0 unspecified atom stereocenters. The summed E-state index contributed by atoms with van der Waals surface area (Å²) in [5.74, 6) is -0.211. The van der Waals surface area contributed by atoms with Crippen LogP contribution in [-0.2, 0) is 0 Å². The zero-order valence-electron chi connectivity index (χ0n) is 9.77. The van der Waals surface area contributed by atoms with Crippen molar-refractivity contribution in [1.82, 2.24) is 4.98 Å². The normalized spacial score (nSPS) is 11.0. The Kier molecular flexibility index (Phi) is 2.52. The number of hydrogen-bond donors (Lipinski definition) is 1. The van der Waals surface area contributed by atoms with Crippen LogP contribution in [-0.4, -0.2) is 4.98 Å². The Labute approximate surface area is 108 Å². The van der Waals surface area contributed by atoms with Crippen LogP contribution in [0.5, 0.6) is 0 Å². The summed E-state index contributed by atoms with van der Waals surface area (Å²) < 4.78 is 14.9. The highest BCUT2D eigenvalue weighted by atomic mass is 32.1. The van der Waals surface area contributed by atoms with Crippen molar-refractivity contribution in [3.05, 3.63) is 47.8 Å². The van der Waals surface area contributed by atoms with Gasteiger partial charge in [0.2, 0.25) is 0 Å². The van der Waals surface area contributed by atoms with Crippen molar-refractivity contribution in [2.75, 3.05) is 5.73 Å². The molecule has 1 heterocycles. The van der Waals surface area contributed by atoms with Crippen molar-refractivity contribution in [2.45, 2.75) is 6.92 Å². The van der Waals surface area contributed by atoms with Crippen molar-refractivity contribution in [3.8, 4) is 11.1 Å². The Balaban J connectivity index is 2.25. The number of nitrogens with zero attached hydrogens (tertiary/aromatic N) is 1. The molecule has 0 aliphatic carbocycles. The molecule has 1 aromatic heterocycles. The van der Waals surface area contributed by atoms with E-state index in [1.807, 2.05) is 31.2 Å². The highest BCUT2D eigenvalue weighted by Gasteiger charge is 2.10. The molecule has 0 saturated carbocycles. The monoisotopic (exact) mass is 258 g/mol. The highest BCUT2D eigenvalue weighted by molar-refractivity contribution is 7.22. The predicted molar refractivity (Wildman–Crippen MR) is 74.2 cm³/mol. The lowest BCUT2D eigenvalue weighted by molar-refractivity contribution is 0.630. The van der Waals surface area contributed by atoms with Gasteiger partial charge in [-0.2, -0.15) is 0 Å². The topological polar surface area (TPSA) is 38.9 Å². The smallest absolute Gasteiger partial charge is 0.181 e. The molecular weight excluding hydrogens is 247 g/mol. The third kappa shape index (κ3) is 1.75. The van der Waals surface area contributed by atoms with Gasteiger partial charge in [-0.05, 0) is 36.2 Å². The van der Waals surface area contributed by atoms with E-state index in [4.69, 9.17) is 5.73 Å². The standard InChI is InChI=1S/C14H11FN2S/c1-8-3-2-4-10(15)13(8)9-5-6-12-11(7-9)17-14(16)18-12/h2-7H,1H3,(H2,16,17). The van der Waals surface area contributed by atoms with Crippen LogP contribution < -0.4 is 5.73 Å². The fraction of sp³-hybridized carbons (Fsp3) is 0.0714. The van der Waals surface area contributed by atoms with Gasteiger partial charge in [0, 0.05) is 5.56 Å². The fourth-order valence-corrected chi connectivity index (χ4v) is 2.81. The summed E-state index contributed by atoms with van der Waals surface area (Å²) in [5.41, 5.74) is 8.87. The van der Waals surface area contributed by atoms with Gasteiger partial charge >= 0.3 is 0 Å². The number of rotatable bonds is 1. The lowest BCUT2D eigenvalue weighted by Crippen LogP contribution is -1.88. The third-order valence-electron chi connectivity index (χ3n) is 2.91. The van der Waals surface area contributed by atoms with Gasteiger partial charge in [0.1, 0.15) is 5.82 Å². The van der Waals surface area contributed by atoms with Crippen molar-refractivity contribution in [1.29, 1.82) is 0 Å². The summed E-state index contributed by atoms with van der Waals surface area (Å²) in [6.07, 6.45) is 0. The molecule has 0 bridgehead atoms. The van der Waals surface area contributed by atoms with Crippen LogP contribution >= 0.6 is 11.3 Å². The molecular formula is C14H11FN2S. The average Bonchev–Trinajstić information content (AvgIpc) is 2.68. The number of fused-ring (bicyclic) bond motifs is 1. The van der Waals surface area contributed by atoms with Crippen molar-refractivity contribution in [2.24, 2.45) is 0 Å². The van der Waals surface area contributed by atoms with Gasteiger partial charge in [-0.25, -0.2) is 9.37 Å². The Morgan fingerprint density at radius 3 is 2.83 bits per heavy atom. The van der Waals surface area contributed by atoms with Gasteiger partial charge in [-0.1, -0.05) is 29.5 Å². The summed E-state index contributed by atoms with van der Waals surface area (Å²) in [6, 6.07) is 10.8. The Bertz CT molecular complexity index is 713. The molecule has 4 heteroatoms. The van der Waals surface area contributed by atoms with Gasteiger partial charge in [0.25, 0.3) is 0 Å². The van der Waals surface area contributed by atoms with E-state index >= 15 is 0 Å². The third-order valence-corrected chi connectivity index (χ3v) is 3.78. The number of nitrogens with two attached hydrogens (primary N) is 1. The molecule has 18 heavy (non-hydrogen) atoms. The lowest BCUT2D eigenvalue weighted by atomic mass is 10.00. The number of thiazole rings is 1. The summed E-state index contributed by atoms with van der Waals surface area (Å²) in [4.78, 5) is 4.23. The number of benzene rings is 2. The molecule has 90 valence electrons. The van der Waals surface area contributed by atoms with Crippen LogP contribution in [0.4, 0.5) is 9.52 Å². The number of hydrogen-bond acceptors (Lipinski definition) is 3. The Hall–Kier alpha value is -1.94. The maximum Gasteiger partial charge on any atom is 0.181 e. The second-order valence-corrected chi connectivity index (χ2v) is 5.23. The molecule has 0 aliphatic heterocycles. The maximum absolute atomic E-state index is 13.9. The van der Waals surface area contributed by atoms with Crippen LogP contribution in [0.15, 0.2) is 36.4 Å². The first-order chi connectivity index (χ1) is 8.65. The molecule has 2 aromatic carbocycles. The van der Waals surface area contributed by atoms with Crippen LogP contribution in [0.25, 0.3) is 21.3 Å². The second kappa shape index (κ2) is 4.07. The van der Waals surface area contributed by atoms with Gasteiger partial charge in [0.15, 0.2) is 5.13 Å². The molecule has 0 aliphatic rings. The van der Waals surface area contributed by atoms with Gasteiger partial charge in [-0.3, -0.25) is 0 Å². The van der Waals surface area contributed by atoms with Crippen LogP contribution in [0.2, 0.25) is 0 Å². The second-order valence-electron chi connectivity index (χ2n) is 4.17. The van der Waals surface area contributed by atoms with Crippen molar-refractivity contribution in [3.63, 3.8) is 0 Å². The Morgan fingerprint density at radius 2 is 2.06 bits per heavy atom. The van der Waals surface area contributed by atoms with E-state index in [-0.39, 0.29) is 5.82 Å². The van der Waals surface area contributed by atoms with Crippen LogP contribution in [0.3, 0.4) is 0 Å². The van der Waals surface area contributed by atoms with E-state index in [0.29, 0.717) is 10.7 Å². The number of halogens is 1. The molecule has 3 rings (SSSR count). The molecule has 3 aromatic rings. The lowest BCUT2D eigenvalue weighted by Gasteiger charge is -2.07. The predicted octanol–water partition coefficient (Wildman–Crippen LogP) is 3.99. The van der Waals surface area contributed by atoms with E-state index in [2.05, 4.69) is 4.98 Å². The molecule has 0 amide bonds. The quantitative estimate of drug-likeness (QED) is 0.716. The zero-order chi connectivity index (χ0) is 12.7. The van der Waals surface area contributed by atoms with Gasteiger partial charge < -0.3 is 5.73 Å². The summed E-state index contributed by atoms with van der Waals surface area (Å²) >= 11 is 1.44. The molecule has 0 spiro atoms. The van der Waals surface area contributed by atoms with Gasteiger partial charge in [-0.15, -0.1) is 0 Å². The van der Waals surface area contributed by atoms with Crippen LogP contribution in [0.1, 0.15) is 5.56 Å². The summed E-state index contributed by atoms with van der Waals surface area (Å²) in [7, 11) is 0. The molecule has 0 saturated heterocycles. The van der Waals surface area contributed by atoms with Gasteiger partial charge in [0.05, 0.1) is 10.2 Å². The number of nitrogen functional groups attached to an aromatic ring is 1. The summed E-state index contributed by atoms with van der Waals surface area (Å²) in [5, 5.41) is 0.535. The van der Waals surface area contributed by atoms with E-state index in [1.54, 1.807) is 6.07 Å². The van der Waals surface area contributed by atoms with Crippen molar-refractivity contribution < 1.29 is 4.39 Å². The molecule has 2 N–H and O–H groups in total. The average molecular weight is 258 g/mol. The first-order valence-corrected chi connectivity index (χ1v) is 6.38. The number of aromatic nitrogens is 1. The molecule has 0 radical (unpaired) electrons. The molecule has 2 nitrogen and oxygen atoms in total. The zero-order valence-corrected chi connectivity index (χ0v) is 10.6. The maximum atomic E-state index is 13.9. The summed E-state index contributed by atoms with van der Waals surface area (Å²) in [6.45, 7) is 1.90. The number of anilines is 1. The highest BCUT2D eigenvalue weighted by Crippen LogP contribution is 2.31. The molecule has 0 atom stereocenters. The Morgan fingerprint density at radius 1 is 1.22 bits per heavy atom. The SMILES string of the molecule is Cc1cccc(F)c1-c1ccc2sc(N)nc2c1. The van der Waals surface area contributed by atoms with E-state index in [0.717, 1.165) is 21.3 Å². The van der Waals surface area contributed by atoms with Crippen LogP contribution in [0, 0.1) is 12.7 Å². The number of aryl methyl sites for hydroxylation is 1.